The van der Waals surface area contributed by atoms with Crippen molar-refractivity contribution in [2.45, 2.75) is 29.6 Å². The number of fused-ring (bicyclic) bond motifs is 1. The molecule has 32 heavy (non-hydrogen) atoms. The lowest BCUT2D eigenvalue weighted by molar-refractivity contribution is -0.146. The molecule has 0 bridgehead atoms. The first-order valence-corrected chi connectivity index (χ1v) is 12.1. The number of hydrogen-bond acceptors (Lipinski definition) is 7. The second-order valence-electron chi connectivity index (χ2n) is 7.94. The Balaban J connectivity index is 1.23. The van der Waals surface area contributed by atoms with Crippen molar-refractivity contribution in [3.05, 3.63) is 53.6 Å². The average molecular weight is 475 g/mol. The number of ether oxygens (including phenoxy) is 2. The summed E-state index contributed by atoms with van der Waals surface area (Å²) in [6.07, 6.45) is 0.0142. The van der Waals surface area contributed by atoms with Crippen LogP contribution in [0.15, 0.2) is 53.4 Å². The Labute approximate surface area is 197 Å². The van der Waals surface area contributed by atoms with Crippen LogP contribution in [0.4, 0.5) is 5.69 Å². The smallest absolute Gasteiger partial charge is 0.327 e. The molecular weight excluding hydrogens is 448 g/mol. The van der Waals surface area contributed by atoms with Gasteiger partial charge in [-0.3, -0.25) is 14.5 Å². The molecule has 0 amide bonds. The first kappa shape index (κ1) is 23.0. The summed E-state index contributed by atoms with van der Waals surface area (Å²) in [6.45, 7) is 6.73. The van der Waals surface area contributed by atoms with Crippen molar-refractivity contribution >= 4 is 40.8 Å². The largest absolute Gasteiger partial charge is 0.482 e. The van der Waals surface area contributed by atoms with Gasteiger partial charge in [-0.2, -0.15) is 0 Å². The maximum atomic E-state index is 12.7. The molecule has 0 N–H and O–H groups in total. The van der Waals surface area contributed by atoms with Crippen LogP contribution in [0.2, 0.25) is 5.02 Å². The lowest BCUT2D eigenvalue weighted by atomic mass is 10.2. The van der Waals surface area contributed by atoms with Crippen LogP contribution in [0.1, 0.15) is 13.3 Å². The van der Waals surface area contributed by atoms with Crippen molar-refractivity contribution in [1.29, 1.82) is 0 Å². The van der Waals surface area contributed by atoms with Crippen LogP contribution < -0.4 is 9.64 Å². The van der Waals surface area contributed by atoms with Gasteiger partial charge in [-0.25, -0.2) is 0 Å². The summed E-state index contributed by atoms with van der Waals surface area (Å²) in [5.74, 6) is -0.244. The second-order valence-corrected chi connectivity index (χ2v) is 9.52. The molecule has 2 heterocycles. The van der Waals surface area contributed by atoms with E-state index in [-0.39, 0.29) is 5.78 Å². The standard InChI is InChI=1S/C24H27ClN2O4S/c1-17-22(28)23(32-21-16-18(25)8-9-20(21)31-17)24(29)30-15-5-10-26-11-13-27(14-12-26)19-6-3-2-4-7-19/h2-4,6-9,16-17,23H,5,10-15H2,1H3. The molecule has 170 valence electrons. The van der Waals surface area contributed by atoms with Crippen LogP contribution in [0.25, 0.3) is 0 Å². The molecule has 2 aliphatic heterocycles. The Morgan fingerprint density at radius 1 is 1.16 bits per heavy atom. The number of anilines is 1. The number of carbonyl (C=O) groups excluding carboxylic acids is 2. The number of thioether (sulfide) groups is 1. The third-order valence-corrected chi connectivity index (χ3v) is 7.15. The Morgan fingerprint density at radius 2 is 1.91 bits per heavy atom. The monoisotopic (exact) mass is 474 g/mol. The number of hydrogen-bond donors (Lipinski definition) is 0. The van der Waals surface area contributed by atoms with Crippen LogP contribution >= 0.6 is 23.4 Å². The van der Waals surface area contributed by atoms with Crippen LogP contribution in [0, 0.1) is 0 Å². The number of ketones is 1. The highest BCUT2D eigenvalue weighted by molar-refractivity contribution is 8.01. The molecule has 0 spiro atoms. The van der Waals surface area contributed by atoms with Gasteiger partial charge >= 0.3 is 5.97 Å². The van der Waals surface area contributed by atoms with E-state index in [2.05, 4.69) is 34.1 Å². The van der Waals surface area contributed by atoms with E-state index in [4.69, 9.17) is 21.1 Å². The number of piperazine rings is 1. The summed E-state index contributed by atoms with van der Waals surface area (Å²) in [5, 5.41) is -0.416. The van der Waals surface area contributed by atoms with Gasteiger partial charge in [0.2, 0.25) is 0 Å². The SMILES string of the molecule is CC1Oc2ccc(Cl)cc2SC(C(=O)OCCCN2CCN(c3ccccc3)CC2)C1=O. The maximum absolute atomic E-state index is 12.7. The molecular formula is C24H27ClN2O4S. The molecule has 2 aromatic carbocycles. The van der Waals surface area contributed by atoms with Gasteiger partial charge in [0.15, 0.2) is 17.1 Å². The summed E-state index contributed by atoms with van der Waals surface area (Å²) in [7, 11) is 0. The highest BCUT2D eigenvalue weighted by Gasteiger charge is 2.37. The number of halogens is 1. The van der Waals surface area contributed by atoms with Gasteiger partial charge in [0.25, 0.3) is 0 Å². The van der Waals surface area contributed by atoms with Crippen molar-refractivity contribution < 1.29 is 19.1 Å². The van der Waals surface area contributed by atoms with E-state index < -0.39 is 17.3 Å². The number of Topliss-reactive ketones (excluding diaryl/α,β-unsaturated/α-hetero) is 1. The quantitative estimate of drug-likeness (QED) is 0.357. The molecule has 0 aliphatic carbocycles. The molecule has 1 saturated heterocycles. The normalized spacial score (nSPS) is 21.4. The first-order valence-electron chi connectivity index (χ1n) is 10.9. The third-order valence-electron chi connectivity index (χ3n) is 5.68. The van der Waals surface area contributed by atoms with E-state index in [9.17, 15) is 9.59 Å². The Morgan fingerprint density at radius 3 is 2.66 bits per heavy atom. The summed E-state index contributed by atoms with van der Waals surface area (Å²) in [5.41, 5.74) is 1.26. The topological polar surface area (TPSA) is 59.1 Å². The van der Waals surface area contributed by atoms with Gasteiger partial charge in [0, 0.05) is 43.4 Å². The third kappa shape index (κ3) is 5.57. The van der Waals surface area contributed by atoms with Crippen molar-refractivity contribution in [3.63, 3.8) is 0 Å². The number of esters is 1. The molecule has 2 unspecified atom stereocenters. The van der Waals surface area contributed by atoms with Gasteiger partial charge in [-0.15, -0.1) is 0 Å². The fourth-order valence-corrected chi connectivity index (χ4v) is 5.28. The summed E-state index contributed by atoms with van der Waals surface area (Å²) < 4.78 is 11.2. The van der Waals surface area contributed by atoms with Gasteiger partial charge in [0.05, 0.1) is 11.5 Å². The van der Waals surface area contributed by atoms with Crippen molar-refractivity contribution in [3.8, 4) is 5.75 Å². The van der Waals surface area contributed by atoms with Gasteiger partial charge in [0.1, 0.15) is 5.75 Å². The van der Waals surface area contributed by atoms with Crippen LogP contribution in [-0.2, 0) is 14.3 Å². The number of nitrogens with zero attached hydrogens (tertiary/aromatic N) is 2. The predicted octanol–water partition coefficient (Wildman–Crippen LogP) is 3.91. The highest BCUT2D eigenvalue weighted by Crippen LogP contribution is 2.39. The molecule has 6 nitrogen and oxygen atoms in total. The van der Waals surface area contributed by atoms with Crippen molar-refractivity contribution in [2.24, 2.45) is 0 Å². The van der Waals surface area contributed by atoms with Crippen LogP contribution in [0.3, 0.4) is 0 Å². The fraction of sp³-hybridized carbons (Fsp3) is 0.417. The van der Waals surface area contributed by atoms with Crippen molar-refractivity contribution in [2.75, 3.05) is 44.2 Å². The second kappa shape index (κ2) is 10.6. The van der Waals surface area contributed by atoms with Crippen LogP contribution in [0.5, 0.6) is 5.75 Å². The number of benzene rings is 2. The van der Waals surface area contributed by atoms with E-state index in [1.165, 1.54) is 5.69 Å². The minimum Gasteiger partial charge on any atom is -0.482 e. The van der Waals surface area contributed by atoms with Gasteiger partial charge in [-0.1, -0.05) is 41.6 Å². The average Bonchev–Trinajstić information content (AvgIpc) is 2.93. The van der Waals surface area contributed by atoms with Crippen LogP contribution in [-0.4, -0.2) is 67.3 Å². The van der Waals surface area contributed by atoms with E-state index in [0.717, 1.165) is 50.9 Å². The first-order chi connectivity index (χ1) is 15.5. The Hall–Kier alpha value is -2.22. The molecule has 2 atom stereocenters. The molecule has 2 aromatic rings. The fourth-order valence-electron chi connectivity index (χ4n) is 3.89. The van der Waals surface area contributed by atoms with Gasteiger partial charge in [-0.05, 0) is 43.7 Å². The number of carbonyl (C=O) groups is 2. The lowest BCUT2D eigenvalue weighted by Crippen LogP contribution is -2.46. The predicted molar refractivity (Wildman–Crippen MR) is 127 cm³/mol. The Bertz CT molecular complexity index is 950. The van der Waals surface area contributed by atoms with Crippen molar-refractivity contribution in [1.82, 2.24) is 4.90 Å². The summed E-state index contributed by atoms with van der Waals surface area (Å²) in [6, 6.07) is 15.6. The van der Waals surface area contributed by atoms with E-state index in [0.29, 0.717) is 22.3 Å². The lowest BCUT2D eigenvalue weighted by Gasteiger charge is -2.36. The Kier molecular flexibility index (Phi) is 7.60. The molecule has 8 heteroatoms. The van der Waals surface area contributed by atoms with E-state index in [1.807, 2.05) is 6.07 Å². The summed E-state index contributed by atoms with van der Waals surface area (Å²) in [4.78, 5) is 30.8. The molecule has 2 aliphatic rings. The van der Waals surface area contributed by atoms with Gasteiger partial charge < -0.3 is 14.4 Å². The molecule has 0 saturated carbocycles. The highest BCUT2D eigenvalue weighted by atomic mass is 35.5. The maximum Gasteiger partial charge on any atom is 0.327 e. The number of rotatable bonds is 6. The molecule has 0 aromatic heterocycles. The van der Waals surface area contributed by atoms with E-state index in [1.54, 1.807) is 25.1 Å². The zero-order valence-corrected chi connectivity index (χ0v) is 19.6. The number of para-hydroxylation sites is 1. The molecule has 1 fully saturated rings. The molecule has 4 rings (SSSR count). The zero-order chi connectivity index (χ0) is 22.5. The minimum absolute atomic E-state index is 0.288. The van der Waals surface area contributed by atoms with E-state index >= 15 is 0 Å². The summed E-state index contributed by atoms with van der Waals surface area (Å²) >= 11 is 7.22. The zero-order valence-electron chi connectivity index (χ0n) is 18.0. The minimum atomic E-state index is -0.945. The molecule has 0 radical (unpaired) electrons.